The summed E-state index contributed by atoms with van der Waals surface area (Å²) in [5, 5.41) is 0.400. The molecule has 0 N–H and O–H groups in total. The number of halogens is 2. The summed E-state index contributed by atoms with van der Waals surface area (Å²) in [6, 6.07) is 5.61. The topological polar surface area (TPSA) is 42.9 Å². The van der Waals surface area contributed by atoms with Crippen molar-refractivity contribution in [2.45, 2.75) is 6.42 Å². The Kier molecular flexibility index (Phi) is 3.44. The van der Waals surface area contributed by atoms with Crippen molar-refractivity contribution in [1.82, 2.24) is 9.97 Å². The molecule has 3 nitrogen and oxygen atoms in total. The maximum atomic E-state index is 13.4. The third kappa shape index (κ3) is 2.85. The largest absolute Gasteiger partial charge is 0.292 e. The van der Waals surface area contributed by atoms with Gasteiger partial charge in [0.15, 0.2) is 5.78 Å². The molecule has 86 valence electrons. The zero-order valence-electron chi connectivity index (χ0n) is 8.73. The van der Waals surface area contributed by atoms with Gasteiger partial charge in [0.2, 0.25) is 0 Å². The normalized spacial score (nSPS) is 10.2. The fourth-order valence-corrected chi connectivity index (χ4v) is 1.59. The smallest absolute Gasteiger partial charge is 0.185 e. The number of nitrogens with zero attached hydrogens (tertiary/aromatic N) is 2. The first-order chi connectivity index (χ1) is 8.16. The molecule has 0 aliphatic carbocycles. The van der Waals surface area contributed by atoms with Crippen molar-refractivity contribution >= 4 is 17.4 Å². The summed E-state index contributed by atoms with van der Waals surface area (Å²) in [5.74, 6) is -0.717. The zero-order chi connectivity index (χ0) is 12.3. The predicted molar refractivity (Wildman–Crippen MR) is 61.5 cm³/mol. The van der Waals surface area contributed by atoms with Gasteiger partial charge in [0, 0.05) is 17.6 Å². The van der Waals surface area contributed by atoms with Crippen molar-refractivity contribution in [1.29, 1.82) is 0 Å². The van der Waals surface area contributed by atoms with E-state index in [4.69, 9.17) is 11.6 Å². The van der Waals surface area contributed by atoms with Crippen LogP contribution < -0.4 is 0 Å². The molecule has 2 aromatic rings. The average Bonchev–Trinajstić information content (AvgIpc) is 2.35. The van der Waals surface area contributed by atoms with E-state index in [9.17, 15) is 9.18 Å². The number of hydrogen-bond donors (Lipinski definition) is 0. The van der Waals surface area contributed by atoms with Crippen molar-refractivity contribution in [2.24, 2.45) is 0 Å². The fourth-order valence-electron chi connectivity index (χ4n) is 1.40. The van der Waals surface area contributed by atoms with E-state index in [2.05, 4.69) is 9.97 Å². The van der Waals surface area contributed by atoms with Gasteiger partial charge in [-0.2, -0.15) is 0 Å². The summed E-state index contributed by atoms with van der Waals surface area (Å²) in [6.45, 7) is 0. The van der Waals surface area contributed by atoms with Crippen molar-refractivity contribution < 1.29 is 9.18 Å². The molecule has 0 saturated heterocycles. The molecule has 0 atom stereocenters. The number of benzene rings is 1. The average molecular weight is 251 g/mol. The first-order valence-corrected chi connectivity index (χ1v) is 5.28. The highest BCUT2D eigenvalue weighted by Crippen LogP contribution is 2.16. The van der Waals surface area contributed by atoms with Gasteiger partial charge < -0.3 is 0 Å². The number of ketones is 1. The van der Waals surface area contributed by atoms with Gasteiger partial charge in [0.25, 0.3) is 0 Å². The van der Waals surface area contributed by atoms with E-state index in [1.165, 1.54) is 36.8 Å². The minimum atomic E-state index is -0.447. The minimum Gasteiger partial charge on any atom is -0.292 e. The van der Waals surface area contributed by atoms with Crippen LogP contribution in [0.3, 0.4) is 0 Å². The van der Waals surface area contributed by atoms with Crippen LogP contribution in [0.2, 0.25) is 5.02 Å². The van der Waals surface area contributed by atoms with Crippen LogP contribution in [-0.2, 0) is 6.42 Å². The third-order valence-electron chi connectivity index (χ3n) is 2.23. The lowest BCUT2D eigenvalue weighted by atomic mass is 10.1. The van der Waals surface area contributed by atoms with Gasteiger partial charge in [0.05, 0.1) is 0 Å². The first-order valence-electron chi connectivity index (χ1n) is 4.90. The van der Waals surface area contributed by atoms with Crippen LogP contribution in [0.15, 0.2) is 36.8 Å². The van der Waals surface area contributed by atoms with Crippen molar-refractivity contribution in [3.8, 4) is 0 Å². The molecule has 17 heavy (non-hydrogen) atoms. The molecule has 0 radical (unpaired) electrons. The van der Waals surface area contributed by atoms with Gasteiger partial charge >= 0.3 is 0 Å². The number of hydrogen-bond acceptors (Lipinski definition) is 3. The van der Waals surface area contributed by atoms with E-state index in [0.29, 0.717) is 5.02 Å². The Balaban J connectivity index is 2.22. The second-order valence-corrected chi connectivity index (χ2v) is 3.87. The molecule has 1 aromatic heterocycles. The molecular weight excluding hydrogens is 243 g/mol. The quantitative estimate of drug-likeness (QED) is 0.787. The maximum absolute atomic E-state index is 13.4. The Labute approximate surface area is 102 Å². The van der Waals surface area contributed by atoms with Crippen LogP contribution >= 0.6 is 11.6 Å². The lowest BCUT2D eigenvalue weighted by Gasteiger charge is -2.02. The Hall–Kier alpha value is -1.81. The molecule has 0 fully saturated rings. The molecule has 0 saturated carbocycles. The Morgan fingerprint density at radius 3 is 2.88 bits per heavy atom. The SMILES string of the molecule is O=C(Cc1cc(Cl)ccc1F)c1ccncn1. The summed E-state index contributed by atoms with van der Waals surface area (Å²) < 4.78 is 13.4. The Morgan fingerprint density at radius 1 is 1.35 bits per heavy atom. The van der Waals surface area contributed by atoms with E-state index in [0.717, 1.165) is 0 Å². The molecular formula is C12H8ClFN2O. The van der Waals surface area contributed by atoms with Gasteiger partial charge in [-0.25, -0.2) is 14.4 Å². The molecule has 0 spiro atoms. The van der Waals surface area contributed by atoms with Gasteiger partial charge in [-0.1, -0.05) is 11.6 Å². The molecule has 0 aliphatic rings. The van der Waals surface area contributed by atoms with Crippen LogP contribution in [-0.4, -0.2) is 15.8 Å². The highest BCUT2D eigenvalue weighted by Gasteiger charge is 2.11. The van der Waals surface area contributed by atoms with Crippen LogP contribution in [0.1, 0.15) is 16.1 Å². The van der Waals surface area contributed by atoms with Gasteiger partial charge in [0.1, 0.15) is 17.8 Å². The first kappa shape index (κ1) is 11.7. The molecule has 0 unspecified atom stereocenters. The molecule has 0 amide bonds. The number of carbonyl (C=O) groups excluding carboxylic acids is 1. The van der Waals surface area contributed by atoms with Crippen LogP contribution in [0.25, 0.3) is 0 Å². The number of rotatable bonds is 3. The Bertz CT molecular complexity index is 545. The molecule has 0 aliphatic heterocycles. The summed E-state index contributed by atoms with van der Waals surface area (Å²) in [6.07, 6.45) is 2.68. The zero-order valence-corrected chi connectivity index (χ0v) is 9.49. The van der Waals surface area contributed by atoms with E-state index < -0.39 is 5.82 Å². The second kappa shape index (κ2) is 5.01. The van der Waals surface area contributed by atoms with Crippen LogP contribution in [0, 0.1) is 5.82 Å². The molecule has 0 bridgehead atoms. The van der Waals surface area contributed by atoms with Gasteiger partial charge in [-0.3, -0.25) is 4.79 Å². The standard InChI is InChI=1S/C12H8ClFN2O/c13-9-1-2-10(14)8(5-9)6-12(17)11-3-4-15-7-16-11/h1-5,7H,6H2. The molecule has 1 aromatic carbocycles. The van der Waals surface area contributed by atoms with Crippen LogP contribution in [0.4, 0.5) is 4.39 Å². The summed E-state index contributed by atoms with van der Waals surface area (Å²) in [5.41, 5.74) is 0.528. The number of carbonyl (C=O) groups is 1. The highest BCUT2D eigenvalue weighted by molar-refractivity contribution is 6.30. The molecule has 5 heteroatoms. The monoisotopic (exact) mass is 250 g/mol. The van der Waals surface area contributed by atoms with Crippen molar-refractivity contribution in [3.63, 3.8) is 0 Å². The molecule has 1 heterocycles. The summed E-state index contributed by atoms with van der Waals surface area (Å²) >= 11 is 5.74. The van der Waals surface area contributed by atoms with Crippen LogP contribution in [0.5, 0.6) is 0 Å². The lowest BCUT2D eigenvalue weighted by molar-refractivity contribution is 0.0987. The van der Waals surface area contributed by atoms with E-state index in [-0.39, 0.29) is 23.5 Å². The number of Topliss-reactive ketones (excluding diaryl/α,β-unsaturated/α-hetero) is 1. The summed E-state index contributed by atoms with van der Waals surface area (Å²) in [4.78, 5) is 19.3. The van der Waals surface area contributed by atoms with E-state index in [1.807, 2.05) is 0 Å². The van der Waals surface area contributed by atoms with Crippen molar-refractivity contribution in [2.75, 3.05) is 0 Å². The second-order valence-electron chi connectivity index (χ2n) is 3.43. The Morgan fingerprint density at radius 2 is 2.18 bits per heavy atom. The predicted octanol–water partition coefficient (Wildman–Crippen LogP) is 2.69. The van der Waals surface area contributed by atoms with E-state index in [1.54, 1.807) is 0 Å². The summed E-state index contributed by atoms with van der Waals surface area (Å²) in [7, 11) is 0. The lowest BCUT2D eigenvalue weighted by Crippen LogP contribution is -2.07. The molecule has 2 rings (SSSR count). The number of aromatic nitrogens is 2. The van der Waals surface area contributed by atoms with Gasteiger partial charge in [-0.05, 0) is 29.8 Å². The minimum absolute atomic E-state index is 0.0661. The van der Waals surface area contributed by atoms with E-state index >= 15 is 0 Å². The van der Waals surface area contributed by atoms with Gasteiger partial charge in [-0.15, -0.1) is 0 Å². The highest BCUT2D eigenvalue weighted by atomic mass is 35.5. The fraction of sp³-hybridized carbons (Fsp3) is 0.0833. The van der Waals surface area contributed by atoms with Crippen molar-refractivity contribution in [3.05, 3.63) is 58.9 Å². The third-order valence-corrected chi connectivity index (χ3v) is 2.46. The maximum Gasteiger partial charge on any atom is 0.185 e.